The summed E-state index contributed by atoms with van der Waals surface area (Å²) in [5, 5.41) is 8.90. The molecule has 0 fully saturated rings. The molecular formula is C45H94N2O5S. The monoisotopic (exact) mass is 775 g/mol. The van der Waals surface area contributed by atoms with Crippen molar-refractivity contribution in [2.75, 3.05) is 47.0 Å². The molecule has 7 nitrogen and oxygen atoms in total. The minimum Gasteiger partial charge on any atom is -0.748 e. The molecule has 0 heterocycles. The predicted octanol–water partition coefficient (Wildman–Crippen LogP) is 12.9. The van der Waals surface area contributed by atoms with E-state index >= 15 is 0 Å². The molecule has 0 saturated carbocycles. The summed E-state index contributed by atoms with van der Waals surface area (Å²) >= 11 is 0. The van der Waals surface area contributed by atoms with E-state index in [-0.39, 0.29) is 17.3 Å². The molecule has 1 unspecified atom stereocenters. The van der Waals surface area contributed by atoms with Crippen molar-refractivity contribution in [1.29, 1.82) is 0 Å². The maximum atomic E-state index is 10.9. The summed E-state index contributed by atoms with van der Waals surface area (Å²) in [7, 11) is 3.24. The Labute approximate surface area is 332 Å². The highest BCUT2D eigenvalue weighted by Crippen LogP contribution is 2.16. The molecular weight excluding hydrogens is 681 g/mol. The fourth-order valence-corrected chi connectivity index (χ4v) is 7.79. The number of nitrogens with zero attached hydrogens (tertiary/aromatic N) is 2. The first kappa shape index (κ1) is 54.4. The second-order valence-electron chi connectivity index (χ2n) is 17.3. The van der Waals surface area contributed by atoms with Gasteiger partial charge < -0.3 is 19.0 Å². The average molecular weight is 775 g/mol. The third-order valence-corrected chi connectivity index (χ3v) is 11.7. The van der Waals surface area contributed by atoms with Crippen molar-refractivity contribution in [2.45, 2.75) is 238 Å². The molecule has 8 heteroatoms. The number of unbranched alkanes of at least 4 members (excludes halogenated alkanes) is 30. The number of quaternary nitrogens is 1. The fraction of sp³-hybridized carbons (Fsp3) is 0.978. The second kappa shape index (κ2) is 39.5. The molecule has 0 aliphatic heterocycles. The van der Waals surface area contributed by atoms with Gasteiger partial charge in [0.2, 0.25) is 0 Å². The molecule has 53 heavy (non-hydrogen) atoms. The van der Waals surface area contributed by atoms with Crippen molar-refractivity contribution in [3.05, 3.63) is 0 Å². The van der Waals surface area contributed by atoms with E-state index in [0.29, 0.717) is 0 Å². The topological polar surface area (TPSA) is 97.7 Å². The van der Waals surface area contributed by atoms with Crippen LogP contribution < -0.4 is 0 Å². The Bertz CT molecular complexity index is 825. The number of likely N-dealkylation sites (N-methyl/N-ethyl adjacent to an activating group) is 1. The quantitative estimate of drug-likeness (QED) is 0.0378. The summed E-state index contributed by atoms with van der Waals surface area (Å²) in [6.45, 7) is 7.25. The zero-order valence-electron chi connectivity index (χ0n) is 36.6. The van der Waals surface area contributed by atoms with Crippen molar-refractivity contribution >= 4 is 16.1 Å². The summed E-state index contributed by atoms with van der Waals surface area (Å²) in [5.41, 5.74) is 0. The van der Waals surface area contributed by atoms with Gasteiger partial charge in [0.1, 0.15) is 0 Å². The van der Waals surface area contributed by atoms with Gasteiger partial charge in [0.25, 0.3) is 0 Å². The van der Waals surface area contributed by atoms with Crippen molar-refractivity contribution in [3.63, 3.8) is 0 Å². The maximum Gasteiger partial charge on any atom is 0.362 e. The molecule has 0 aromatic carbocycles. The first-order valence-corrected chi connectivity index (χ1v) is 24.6. The molecule has 0 saturated heterocycles. The zero-order valence-corrected chi connectivity index (χ0v) is 37.4. The number of carboxylic acids is 1. The van der Waals surface area contributed by atoms with E-state index in [1.165, 1.54) is 219 Å². The van der Waals surface area contributed by atoms with Crippen molar-refractivity contribution in [1.82, 2.24) is 4.90 Å². The minimum absolute atomic E-state index is 0.0817. The standard InChI is InChI=1S/C37H77N.C8H17NO5S/c1-4-6-8-10-12-14-16-18-20-22-24-26-28-30-32-34-36-38(3)37-35-33-31-29-27-25-23-21-19-17-15-13-11-9-7-5-2;1-9(2,3)7(8(10)11)5-4-6-15(12,13)14/h4-37H2,1-3H3;7H,4-6H2,1-3H3,(H-,10,11,12,13,14). The van der Waals surface area contributed by atoms with Crippen LogP contribution in [0.1, 0.15) is 232 Å². The van der Waals surface area contributed by atoms with E-state index in [1.807, 2.05) is 0 Å². The first-order chi connectivity index (χ1) is 25.3. The van der Waals surface area contributed by atoms with Crippen LogP contribution in [0, 0.1) is 0 Å². The van der Waals surface area contributed by atoms with E-state index in [4.69, 9.17) is 5.11 Å². The highest BCUT2D eigenvalue weighted by Gasteiger charge is 2.30. The number of carboxylic acid groups (broad SMARTS) is 1. The molecule has 0 aliphatic rings. The van der Waals surface area contributed by atoms with E-state index in [0.717, 1.165) is 0 Å². The number of hydrogen-bond acceptors (Lipinski definition) is 5. The van der Waals surface area contributed by atoms with Crippen LogP contribution in [0.2, 0.25) is 0 Å². The van der Waals surface area contributed by atoms with Crippen LogP contribution >= 0.6 is 0 Å². The van der Waals surface area contributed by atoms with Gasteiger partial charge in [0.15, 0.2) is 6.04 Å². The molecule has 0 rings (SSSR count). The van der Waals surface area contributed by atoms with Gasteiger partial charge in [0, 0.05) is 12.2 Å². The molecule has 0 aliphatic carbocycles. The highest BCUT2D eigenvalue weighted by molar-refractivity contribution is 7.85. The molecule has 0 aromatic heterocycles. The van der Waals surface area contributed by atoms with Gasteiger partial charge in [0.05, 0.1) is 31.3 Å². The van der Waals surface area contributed by atoms with E-state index in [1.54, 1.807) is 21.1 Å². The van der Waals surface area contributed by atoms with Gasteiger partial charge in [-0.1, -0.05) is 206 Å². The summed E-state index contributed by atoms with van der Waals surface area (Å²) in [6, 6.07) is -0.688. The first-order valence-electron chi connectivity index (χ1n) is 23.0. The average Bonchev–Trinajstić information content (AvgIpc) is 3.09. The molecule has 0 spiro atoms. The second-order valence-corrected chi connectivity index (χ2v) is 18.8. The van der Waals surface area contributed by atoms with Gasteiger partial charge in [-0.25, -0.2) is 13.2 Å². The number of rotatable bonds is 40. The number of hydrogen-bond donors (Lipinski definition) is 1. The molecule has 320 valence electrons. The molecule has 1 N–H and O–H groups in total. The normalized spacial score (nSPS) is 12.6. The van der Waals surface area contributed by atoms with Gasteiger partial charge in [-0.05, 0) is 39.4 Å². The molecule has 0 radical (unpaired) electrons. The van der Waals surface area contributed by atoms with Gasteiger partial charge in [-0.3, -0.25) is 0 Å². The van der Waals surface area contributed by atoms with Crippen LogP contribution in [-0.2, 0) is 14.9 Å². The zero-order chi connectivity index (χ0) is 39.9. The van der Waals surface area contributed by atoms with Gasteiger partial charge >= 0.3 is 5.97 Å². The van der Waals surface area contributed by atoms with Crippen LogP contribution in [0.25, 0.3) is 0 Å². The lowest BCUT2D eigenvalue weighted by Gasteiger charge is -2.31. The van der Waals surface area contributed by atoms with Crippen molar-refractivity contribution < 1.29 is 27.4 Å². The Morgan fingerprint density at radius 3 is 0.962 bits per heavy atom. The van der Waals surface area contributed by atoms with E-state index < -0.39 is 27.9 Å². The highest BCUT2D eigenvalue weighted by atomic mass is 32.2. The SMILES string of the molecule is CCCCCCCCCCCCCCCCCCN(C)CCCCCCCCCCCCCCCCCC.C[N+](C)(C)C(CCCS(=O)(=O)[O-])C(=O)O. The predicted molar refractivity (Wildman–Crippen MR) is 230 cm³/mol. The fourth-order valence-electron chi connectivity index (χ4n) is 7.27. The Balaban J connectivity index is 0. The van der Waals surface area contributed by atoms with Gasteiger partial charge in [-0.2, -0.15) is 0 Å². The number of aliphatic carboxylic acids is 1. The molecule has 1 atom stereocenters. The van der Waals surface area contributed by atoms with Crippen LogP contribution in [0.3, 0.4) is 0 Å². The molecule has 0 amide bonds. The number of carbonyl (C=O) groups is 1. The van der Waals surface area contributed by atoms with Crippen LogP contribution in [0.15, 0.2) is 0 Å². The Morgan fingerprint density at radius 2 is 0.755 bits per heavy atom. The summed E-state index contributed by atoms with van der Waals surface area (Å²) in [6.07, 6.45) is 47.1. The third kappa shape index (κ3) is 45.6. The van der Waals surface area contributed by atoms with E-state index in [9.17, 15) is 17.8 Å². The summed E-state index contributed by atoms with van der Waals surface area (Å²) in [4.78, 5) is 13.4. The largest absolute Gasteiger partial charge is 0.748 e. The summed E-state index contributed by atoms with van der Waals surface area (Å²) in [5.74, 6) is -1.48. The van der Waals surface area contributed by atoms with Crippen molar-refractivity contribution in [2.24, 2.45) is 0 Å². The lowest BCUT2D eigenvalue weighted by Crippen LogP contribution is -2.49. The van der Waals surface area contributed by atoms with Gasteiger partial charge in [-0.15, -0.1) is 0 Å². The smallest absolute Gasteiger partial charge is 0.362 e. The van der Waals surface area contributed by atoms with Crippen LogP contribution in [-0.4, -0.2) is 86.5 Å². The Kier molecular flexibility index (Phi) is 40.6. The lowest BCUT2D eigenvalue weighted by atomic mass is 10.0. The van der Waals surface area contributed by atoms with Crippen molar-refractivity contribution in [3.8, 4) is 0 Å². The summed E-state index contributed by atoms with van der Waals surface area (Å²) < 4.78 is 31.2. The Morgan fingerprint density at radius 1 is 0.509 bits per heavy atom. The minimum atomic E-state index is -4.24. The third-order valence-electron chi connectivity index (χ3n) is 10.9. The maximum absolute atomic E-state index is 10.9. The lowest BCUT2D eigenvalue weighted by molar-refractivity contribution is -0.887. The molecule has 0 bridgehead atoms. The van der Waals surface area contributed by atoms with E-state index in [2.05, 4.69) is 25.8 Å². The van der Waals surface area contributed by atoms with Crippen LogP contribution in [0.5, 0.6) is 0 Å². The molecule has 0 aromatic rings. The Hall–Kier alpha value is -0.700. The van der Waals surface area contributed by atoms with Crippen LogP contribution in [0.4, 0.5) is 0 Å².